The first-order chi connectivity index (χ1) is 6.90. The van der Waals surface area contributed by atoms with Crippen molar-refractivity contribution in [3.05, 3.63) is 28.2 Å². The number of benzene rings is 1. The second kappa shape index (κ2) is 5.32. The summed E-state index contributed by atoms with van der Waals surface area (Å²) in [5.41, 5.74) is 0. The van der Waals surface area contributed by atoms with E-state index in [0.717, 1.165) is 11.8 Å². The van der Waals surface area contributed by atoms with Crippen molar-refractivity contribution in [3.8, 4) is 0 Å². The maximum Gasteiger partial charge on any atom is 0.389 e. The highest BCUT2D eigenvalue weighted by Crippen LogP contribution is 2.35. The number of rotatable bonds is 3. The highest BCUT2D eigenvalue weighted by atomic mass is 35.5. The van der Waals surface area contributed by atoms with Crippen LogP contribution >= 0.6 is 35.0 Å². The average molecular weight is 275 g/mol. The van der Waals surface area contributed by atoms with Crippen molar-refractivity contribution in [1.29, 1.82) is 0 Å². The van der Waals surface area contributed by atoms with E-state index in [4.69, 9.17) is 23.2 Å². The Labute approximate surface area is 99.8 Å². The van der Waals surface area contributed by atoms with Crippen LogP contribution in [-0.4, -0.2) is 11.9 Å². The normalized spacial score (nSPS) is 11.8. The van der Waals surface area contributed by atoms with E-state index < -0.39 is 12.6 Å². The van der Waals surface area contributed by atoms with Crippen LogP contribution in [0.15, 0.2) is 23.1 Å². The fourth-order valence-corrected chi connectivity index (χ4v) is 2.56. The molecule has 1 aromatic rings. The number of thioether (sulfide) groups is 1. The summed E-state index contributed by atoms with van der Waals surface area (Å²) in [6.45, 7) is 0. The predicted octanol–water partition coefficient (Wildman–Crippen LogP) is 5.04. The van der Waals surface area contributed by atoms with E-state index in [1.165, 1.54) is 0 Å². The summed E-state index contributed by atoms with van der Waals surface area (Å²) in [5.74, 6) is -0.0764. The second-order valence-corrected chi connectivity index (χ2v) is 4.68. The van der Waals surface area contributed by atoms with Gasteiger partial charge in [-0.25, -0.2) is 0 Å². The molecule has 0 aliphatic rings. The van der Waals surface area contributed by atoms with Crippen molar-refractivity contribution in [3.63, 3.8) is 0 Å². The van der Waals surface area contributed by atoms with Crippen molar-refractivity contribution in [2.75, 3.05) is 5.75 Å². The standard InChI is InChI=1S/C9H7Cl2F3S/c10-6-2-1-3-7(11)8(6)15-5-4-9(12,13)14/h1-3H,4-5H2. The molecule has 0 spiro atoms. The molecule has 0 nitrogen and oxygen atoms in total. The summed E-state index contributed by atoms with van der Waals surface area (Å²) in [5, 5.41) is 0.768. The van der Waals surface area contributed by atoms with Crippen LogP contribution in [0.5, 0.6) is 0 Å². The third-order valence-corrected chi connectivity index (χ3v) is 3.54. The minimum Gasteiger partial charge on any atom is -0.171 e. The quantitative estimate of drug-likeness (QED) is 0.696. The van der Waals surface area contributed by atoms with Gasteiger partial charge in [-0.3, -0.25) is 0 Å². The molecule has 0 N–H and O–H groups in total. The fourth-order valence-electron chi connectivity index (χ4n) is 0.889. The van der Waals surface area contributed by atoms with Crippen molar-refractivity contribution in [2.24, 2.45) is 0 Å². The van der Waals surface area contributed by atoms with E-state index >= 15 is 0 Å². The largest absolute Gasteiger partial charge is 0.389 e. The monoisotopic (exact) mass is 274 g/mol. The molecule has 0 aromatic heterocycles. The molecule has 0 unspecified atom stereocenters. The molecule has 0 atom stereocenters. The van der Waals surface area contributed by atoms with Crippen LogP contribution in [0.1, 0.15) is 6.42 Å². The van der Waals surface area contributed by atoms with Gasteiger partial charge < -0.3 is 0 Å². The molecule has 0 fully saturated rings. The highest BCUT2D eigenvalue weighted by Gasteiger charge is 2.26. The first kappa shape index (κ1) is 13.0. The van der Waals surface area contributed by atoms with Gasteiger partial charge in [-0.05, 0) is 12.1 Å². The van der Waals surface area contributed by atoms with E-state index in [9.17, 15) is 13.2 Å². The van der Waals surface area contributed by atoms with Crippen LogP contribution in [0.3, 0.4) is 0 Å². The zero-order valence-corrected chi connectivity index (χ0v) is 9.77. The highest BCUT2D eigenvalue weighted by molar-refractivity contribution is 7.99. The van der Waals surface area contributed by atoms with Gasteiger partial charge in [-0.15, -0.1) is 11.8 Å². The summed E-state index contributed by atoms with van der Waals surface area (Å²) < 4.78 is 35.6. The predicted molar refractivity (Wildman–Crippen MR) is 57.9 cm³/mol. The Morgan fingerprint density at radius 3 is 2.13 bits per heavy atom. The SMILES string of the molecule is FC(F)(F)CCSc1c(Cl)cccc1Cl. The number of halogens is 5. The van der Waals surface area contributed by atoms with E-state index in [1.807, 2.05) is 0 Å². The molecule has 0 radical (unpaired) electrons. The van der Waals surface area contributed by atoms with Gasteiger partial charge in [0.25, 0.3) is 0 Å². The maximum absolute atomic E-state index is 11.9. The minimum atomic E-state index is -4.14. The summed E-state index contributed by atoms with van der Waals surface area (Å²) in [4.78, 5) is 0.505. The lowest BCUT2D eigenvalue weighted by molar-refractivity contribution is -0.129. The number of alkyl halides is 3. The smallest absolute Gasteiger partial charge is 0.171 e. The Morgan fingerprint density at radius 2 is 1.67 bits per heavy atom. The zero-order chi connectivity index (χ0) is 11.5. The van der Waals surface area contributed by atoms with Crippen LogP contribution in [0.4, 0.5) is 13.2 Å². The van der Waals surface area contributed by atoms with Gasteiger partial charge in [0.1, 0.15) is 0 Å². The Kier molecular flexibility index (Phi) is 4.62. The number of hydrogen-bond acceptors (Lipinski definition) is 1. The Balaban J connectivity index is 2.58. The lowest BCUT2D eigenvalue weighted by atomic mass is 10.4. The van der Waals surface area contributed by atoms with Gasteiger partial charge in [0.2, 0.25) is 0 Å². The van der Waals surface area contributed by atoms with Crippen LogP contribution in [0, 0.1) is 0 Å². The van der Waals surface area contributed by atoms with Gasteiger partial charge in [0.15, 0.2) is 0 Å². The molecular weight excluding hydrogens is 268 g/mol. The molecule has 0 amide bonds. The van der Waals surface area contributed by atoms with E-state index in [-0.39, 0.29) is 5.75 Å². The maximum atomic E-state index is 11.9. The molecule has 84 valence electrons. The van der Waals surface area contributed by atoms with Gasteiger partial charge in [0.05, 0.1) is 16.5 Å². The minimum absolute atomic E-state index is 0.0764. The molecule has 0 aliphatic carbocycles. The third-order valence-electron chi connectivity index (χ3n) is 1.55. The second-order valence-electron chi connectivity index (χ2n) is 2.76. The molecule has 0 saturated heterocycles. The average Bonchev–Trinajstić information content (AvgIpc) is 2.08. The van der Waals surface area contributed by atoms with Crippen LogP contribution in [-0.2, 0) is 0 Å². The molecular formula is C9H7Cl2F3S. The summed E-state index contributed by atoms with van der Waals surface area (Å²) in [6.07, 6.45) is -4.99. The molecule has 0 heterocycles. The molecule has 0 saturated carbocycles. The van der Waals surface area contributed by atoms with Crippen molar-refractivity contribution in [2.45, 2.75) is 17.5 Å². The van der Waals surface area contributed by atoms with Crippen LogP contribution in [0.25, 0.3) is 0 Å². The van der Waals surface area contributed by atoms with Crippen molar-refractivity contribution >= 4 is 35.0 Å². The fraction of sp³-hybridized carbons (Fsp3) is 0.333. The summed E-state index contributed by atoms with van der Waals surface area (Å²) in [6, 6.07) is 4.85. The molecule has 1 aromatic carbocycles. The topological polar surface area (TPSA) is 0 Å². The molecule has 0 bridgehead atoms. The van der Waals surface area contributed by atoms with E-state index in [2.05, 4.69) is 0 Å². The summed E-state index contributed by atoms with van der Waals surface area (Å²) in [7, 11) is 0. The molecule has 15 heavy (non-hydrogen) atoms. The van der Waals surface area contributed by atoms with Gasteiger partial charge in [0, 0.05) is 10.6 Å². The Bertz CT molecular complexity index is 318. The first-order valence-electron chi connectivity index (χ1n) is 4.04. The molecule has 0 aliphatic heterocycles. The summed E-state index contributed by atoms with van der Waals surface area (Å²) >= 11 is 12.6. The van der Waals surface area contributed by atoms with Crippen molar-refractivity contribution in [1.82, 2.24) is 0 Å². The number of hydrogen-bond donors (Lipinski definition) is 0. The van der Waals surface area contributed by atoms with E-state index in [0.29, 0.717) is 14.9 Å². The van der Waals surface area contributed by atoms with Crippen molar-refractivity contribution < 1.29 is 13.2 Å². The van der Waals surface area contributed by atoms with Gasteiger partial charge in [-0.1, -0.05) is 29.3 Å². The lowest BCUT2D eigenvalue weighted by Gasteiger charge is -2.08. The Morgan fingerprint density at radius 1 is 1.13 bits per heavy atom. The van der Waals surface area contributed by atoms with Crippen LogP contribution < -0.4 is 0 Å². The molecule has 1 rings (SSSR count). The molecule has 6 heteroatoms. The first-order valence-corrected chi connectivity index (χ1v) is 5.78. The third kappa shape index (κ3) is 4.53. The van der Waals surface area contributed by atoms with Gasteiger partial charge in [-0.2, -0.15) is 13.2 Å². The Hall–Kier alpha value is -0.0600. The lowest BCUT2D eigenvalue weighted by Crippen LogP contribution is -2.08. The van der Waals surface area contributed by atoms with Crippen LogP contribution in [0.2, 0.25) is 10.0 Å². The zero-order valence-electron chi connectivity index (χ0n) is 7.44. The van der Waals surface area contributed by atoms with E-state index in [1.54, 1.807) is 18.2 Å². The van der Waals surface area contributed by atoms with Gasteiger partial charge >= 0.3 is 6.18 Å².